The summed E-state index contributed by atoms with van der Waals surface area (Å²) in [5.74, 6) is 2.61. The third-order valence-corrected chi connectivity index (χ3v) is 4.65. The first kappa shape index (κ1) is 12.5. The van der Waals surface area contributed by atoms with Gasteiger partial charge >= 0.3 is 0 Å². The van der Waals surface area contributed by atoms with Crippen LogP contribution in [0.3, 0.4) is 0 Å². The highest BCUT2D eigenvalue weighted by Gasteiger charge is 2.01. The van der Waals surface area contributed by atoms with Crippen molar-refractivity contribution in [2.75, 3.05) is 11.5 Å². The molecule has 0 heterocycles. The molecule has 1 nitrogen and oxygen atoms in total. The highest BCUT2D eigenvalue weighted by molar-refractivity contribution is 8.69. The van der Waals surface area contributed by atoms with Crippen LogP contribution in [0.2, 0.25) is 0 Å². The first-order valence-corrected chi connectivity index (χ1v) is 7.50. The molecule has 0 rings (SSSR count). The number of hydrogen-bond acceptors (Lipinski definition) is 2. The van der Waals surface area contributed by atoms with Crippen molar-refractivity contribution >= 4 is 20.6 Å². The summed E-state index contributed by atoms with van der Waals surface area (Å²) in [6, 6.07) is 0. The molecule has 0 spiro atoms. The molecule has 0 aliphatic heterocycles. The maximum absolute atomic E-state index is 11.3. The van der Waals surface area contributed by atoms with E-state index >= 15 is 0 Å². The van der Waals surface area contributed by atoms with Crippen molar-refractivity contribution in [1.29, 1.82) is 0 Å². The van der Waals surface area contributed by atoms with E-state index in [9.17, 15) is 4.21 Å². The fraction of sp³-hybridized carbons (Fsp3) is 1.00. The van der Waals surface area contributed by atoms with Crippen LogP contribution in [0.5, 0.6) is 0 Å². The topological polar surface area (TPSA) is 17.1 Å². The molecule has 1 atom stereocenters. The van der Waals surface area contributed by atoms with Gasteiger partial charge in [-0.1, -0.05) is 38.0 Å². The minimum absolute atomic E-state index is 0.625. The van der Waals surface area contributed by atoms with E-state index in [0.29, 0.717) is 5.92 Å². The molecule has 1 unspecified atom stereocenters. The maximum Gasteiger partial charge on any atom is 0.0803 e. The Morgan fingerprint density at radius 1 is 1.42 bits per heavy atom. The second kappa shape index (κ2) is 8.11. The zero-order chi connectivity index (χ0) is 9.40. The minimum Gasteiger partial charge on any atom is -0.248 e. The van der Waals surface area contributed by atoms with Gasteiger partial charge in [0.25, 0.3) is 0 Å². The summed E-state index contributed by atoms with van der Waals surface area (Å²) in [6.07, 6.45) is 3.48. The lowest BCUT2D eigenvalue weighted by molar-refractivity contribution is 0.622. The fourth-order valence-corrected chi connectivity index (χ4v) is 3.61. The van der Waals surface area contributed by atoms with E-state index in [1.54, 1.807) is 10.8 Å². The lowest BCUT2D eigenvalue weighted by Crippen LogP contribution is -1.98. The highest BCUT2D eigenvalue weighted by atomic mass is 33.1. The van der Waals surface area contributed by atoms with E-state index in [1.807, 2.05) is 0 Å². The van der Waals surface area contributed by atoms with Gasteiger partial charge in [0.05, 0.1) is 9.83 Å². The first-order chi connectivity index (χ1) is 5.66. The monoisotopic (exact) mass is 208 g/mol. The molecule has 12 heavy (non-hydrogen) atoms. The van der Waals surface area contributed by atoms with E-state index in [4.69, 9.17) is 0 Å². The molecular weight excluding hydrogens is 188 g/mol. The number of hydrogen-bond donors (Lipinski definition) is 0. The Kier molecular flexibility index (Phi) is 8.45. The molecule has 74 valence electrons. The fourth-order valence-electron chi connectivity index (χ4n) is 0.687. The van der Waals surface area contributed by atoms with Gasteiger partial charge in [-0.15, -0.1) is 0 Å². The summed E-state index contributed by atoms with van der Waals surface area (Å²) >= 11 is 0. The third kappa shape index (κ3) is 8.60. The van der Waals surface area contributed by atoms with Gasteiger partial charge in [0.2, 0.25) is 0 Å². The van der Waals surface area contributed by atoms with Crippen molar-refractivity contribution in [3.8, 4) is 0 Å². The molecular formula is C9H20OS2. The molecule has 3 heteroatoms. The molecule has 0 fully saturated rings. The van der Waals surface area contributed by atoms with Crippen LogP contribution >= 0.6 is 10.8 Å². The molecule has 0 bridgehead atoms. The predicted molar refractivity (Wildman–Crippen MR) is 59.8 cm³/mol. The van der Waals surface area contributed by atoms with Crippen LogP contribution in [0.15, 0.2) is 0 Å². The van der Waals surface area contributed by atoms with Crippen molar-refractivity contribution in [2.24, 2.45) is 5.92 Å². The molecule has 0 aliphatic carbocycles. The molecule has 0 amide bonds. The molecule has 0 aliphatic rings. The highest BCUT2D eigenvalue weighted by Crippen LogP contribution is 2.13. The summed E-state index contributed by atoms with van der Waals surface area (Å²) < 4.78 is 11.3. The van der Waals surface area contributed by atoms with E-state index in [-0.39, 0.29) is 0 Å². The van der Waals surface area contributed by atoms with Crippen molar-refractivity contribution in [3.63, 3.8) is 0 Å². The van der Waals surface area contributed by atoms with Gasteiger partial charge in [-0.3, -0.25) is 0 Å². The molecule has 0 saturated heterocycles. The standard InChI is InChI=1S/C9H20OS2/c1-4-5-7-11-12(10)8-6-9(2)3/h9H,4-8H2,1-3H3. The Morgan fingerprint density at radius 3 is 2.58 bits per heavy atom. The van der Waals surface area contributed by atoms with Crippen LogP contribution in [-0.2, 0) is 9.83 Å². The van der Waals surface area contributed by atoms with Gasteiger partial charge < -0.3 is 0 Å². The maximum atomic E-state index is 11.3. The zero-order valence-electron chi connectivity index (χ0n) is 8.34. The predicted octanol–water partition coefficient (Wildman–Crippen LogP) is 3.23. The lowest BCUT2D eigenvalue weighted by atomic mass is 10.2. The second-order valence-corrected chi connectivity index (χ2v) is 6.85. The summed E-state index contributed by atoms with van der Waals surface area (Å²) in [5.41, 5.74) is 0. The minimum atomic E-state index is -0.625. The van der Waals surface area contributed by atoms with Crippen LogP contribution in [-0.4, -0.2) is 15.7 Å². The Hall–Kier alpha value is 0.500. The van der Waals surface area contributed by atoms with E-state index < -0.39 is 9.83 Å². The molecule has 0 aromatic heterocycles. The Bertz CT molecular complexity index is 124. The average molecular weight is 208 g/mol. The van der Waals surface area contributed by atoms with Gasteiger partial charge in [0.1, 0.15) is 0 Å². The summed E-state index contributed by atoms with van der Waals surface area (Å²) in [5, 5.41) is 0. The van der Waals surface area contributed by atoms with Gasteiger partial charge in [-0.2, -0.15) is 0 Å². The van der Waals surface area contributed by atoms with Crippen LogP contribution in [0.25, 0.3) is 0 Å². The van der Waals surface area contributed by atoms with Crippen molar-refractivity contribution in [2.45, 2.75) is 40.0 Å². The van der Waals surface area contributed by atoms with Gasteiger partial charge in [-0.25, -0.2) is 4.21 Å². The molecule has 0 aromatic rings. The van der Waals surface area contributed by atoms with Crippen LogP contribution in [0.4, 0.5) is 0 Å². The van der Waals surface area contributed by atoms with Gasteiger partial charge in [0, 0.05) is 11.5 Å². The molecule has 0 radical (unpaired) electrons. The average Bonchev–Trinajstić information content (AvgIpc) is 2.01. The Balaban J connectivity index is 3.22. The summed E-state index contributed by atoms with van der Waals surface area (Å²) in [4.78, 5) is 0. The van der Waals surface area contributed by atoms with Crippen molar-refractivity contribution in [1.82, 2.24) is 0 Å². The smallest absolute Gasteiger partial charge is 0.0803 e. The summed E-state index contributed by atoms with van der Waals surface area (Å²) in [7, 11) is 0.990. The van der Waals surface area contributed by atoms with Gasteiger partial charge in [-0.05, 0) is 18.8 Å². The van der Waals surface area contributed by atoms with Crippen LogP contribution < -0.4 is 0 Å². The first-order valence-electron chi connectivity index (χ1n) is 4.68. The van der Waals surface area contributed by atoms with Gasteiger partial charge in [0.15, 0.2) is 0 Å². The quantitative estimate of drug-likeness (QED) is 0.472. The SMILES string of the molecule is CCCCSS(=O)CCC(C)C. The number of rotatable bonds is 7. The zero-order valence-corrected chi connectivity index (χ0v) is 9.97. The second-order valence-electron chi connectivity index (χ2n) is 3.37. The normalized spacial score (nSPS) is 13.7. The lowest BCUT2D eigenvalue weighted by Gasteiger charge is -2.03. The van der Waals surface area contributed by atoms with E-state index in [0.717, 1.165) is 17.9 Å². The van der Waals surface area contributed by atoms with E-state index in [1.165, 1.54) is 12.8 Å². The van der Waals surface area contributed by atoms with E-state index in [2.05, 4.69) is 20.8 Å². The van der Waals surface area contributed by atoms with Crippen molar-refractivity contribution < 1.29 is 4.21 Å². The molecule has 0 saturated carbocycles. The third-order valence-electron chi connectivity index (χ3n) is 1.57. The largest absolute Gasteiger partial charge is 0.248 e. The number of unbranched alkanes of at least 4 members (excludes halogenated alkanes) is 1. The molecule has 0 aromatic carbocycles. The Morgan fingerprint density at radius 2 is 2.08 bits per heavy atom. The van der Waals surface area contributed by atoms with Crippen LogP contribution in [0.1, 0.15) is 40.0 Å². The summed E-state index contributed by atoms with van der Waals surface area (Å²) in [6.45, 7) is 6.51. The Labute approximate surface area is 82.6 Å². The molecule has 0 N–H and O–H groups in total. The van der Waals surface area contributed by atoms with Crippen LogP contribution in [0, 0.1) is 5.92 Å². The van der Waals surface area contributed by atoms with Crippen molar-refractivity contribution in [3.05, 3.63) is 0 Å².